The zero-order valence-corrected chi connectivity index (χ0v) is 13.3. The Morgan fingerprint density at radius 1 is 1.30 bits per heavy atom. The van der Waals surface area contributed by atoms with Crippen molar-refractivity contribution in [2.45, 2.75) is 18.7 Å². The van der Waals surface area contributed by atoms with Gasteiger partial charge in [0.25, 0.3) is 5.69 Å². The quantitative estimate of drug-likeness (QED) is 0.424. The van der Waals surface area contributed by atoms with E-state index in [2.05, 4.69) is 10.1 Å². The highest BCUT2D eigenvalue weighted by Crippen LogP contribution is 2.14. The number of nitro groups is 1. The van der Waals surface area contributed by atoms with E-state index < -0.39 is 44.2 Å². The second-order valence-electron chi connectivity index (χ2n) is 4.75. The van der Waals surface area contributed by atoms with Gasteiger partial charge in [-0.2, -0.15) is 0 Å². The molecule has 23 heavy (non-hydrogen) atoms. The summed E-state index contributed by atoms with van der Waals surface area (Å²) >= 11 is 0. The van der Waals surface area contributed by atoms with Crippen molar-refractivity contribution in [3.63, 3.8) is 0 Å². The predicted octanol–water partition coefficient (Wildman–Crippen LogP) is 0.187. The van der Waals surface area contributed by atoms with Gasteiger partial charge in [0.15, 0.2) is 9.84 Å². The molecule has 1 atom stereocenters. The lowest BCUT2D eigenvalue weighted by Crippen LogP contribution is -2.45. The molecular formula is C13H16N2O7S. The van der Waals surface area contributed by atoms with Crippen molar-refractivity contribution in [3.05, 3.63) is 39.9 Å². The monoisotopic (exact) mass is 344 g/mol. The third-order valence-electron chi connectivity index (χ3n) is 2.82. The predicted molar refractivity (Wildman–Crippen MR) is 80.2 cm³/mol. The van der Waals surface area contributed by atoms with Crippen molar-refractivity contribution in [3.8, 4) is 0 Å². The molecular weight excluding hydrogens is 328 g/mol. The van der Waals surface area contributed by atoms with Gasteiger partial charge in [0, 0.05) is 19.1 Å². The van der Waals surface area contributed by atoms with Crippen LogP contribution in [0.4, 0.5) is 5.69 Å². The van der Waals surface area contributed by atoms with Gasteiger partial charge in [-0.15, -0.1) is 0 Å². The molecule has 1 aromatic carbocycles. The first kappa shape index (κ1) is 18.6. The maximum absolute atomic E-state index is 12.1. The van der Waals surface area contributed by atoms with Gasteiger partial charge in [0.05, 0.1) is 23.5 Å². The summed E-state index contributed by atoms with van der Waals surface area (Å²) in [4.78, 5) is 32.5. The maximum Gasteiger partial charge on any atom is 0.329 e. The summed E-state index contributed by atoms with van der Waals surface area (Å²) in [5.74, 6) is -2.48. The molecule has 1 aromatic rings. The number of methoxy groups -OCH3 is 1. The normalized spacial score (nSPS) is 12.3. The second kappa shape index (κ2) is 7.68. The number of hydrogen-bond donors (Lipinski definition) is 1. The minimum absolute atomic E-state index is 0.156. The van der Waals surface area contributed by atoms with Crippen LogP contribution in [0.15, 0.2) is 24.3 Å². The number of nitrogens with zero attached hydrogens (tertiary/aromatic N) is 1. The maximum atomic E-state index is 12.1. The first-order valence-electron chi connectivity index (χ1n) is 6.43. The summed E-state index contributed by atoms with van der Waals surface area (Å²) < 4.78 is 28.7. The van der Waals surface area contributed by atoms with E-state index in [1.165, 1.54) is 24.3 Å². The van der Waals surface area contributed by atoms with Crippen LogP contribution in [0.5, 0.6) is 0 Å². The van der Waals surface area contributed by atoms with Crippen LogP contribution < -0.4 is 5.32 Å². The fourth-order valence-corrected chi connectivity index (χ4v) is 3.38. The van der Waals surface area contributed by atoms with Crippen LogP contribution >= 0.6 is 0 Å². The Balaban J connectivity index is 2.86. The Bertz CT molecular complexity index is 698. The van der Waals surface area contributed by atoms with Crippen LogP contribution in [-0.2, 0) is 29.9 Å². The zero-order chi connectivity index (χ0) is 17.6. The number of carbonyl (C=O) groups is 2. The molecule has 10 heteroatoms. The average Bonchev–Trinajstić information content (AvgIpc) is 2.45. The van der Waals surface area contributed by atoms with Gasteiger partial charge in [-0.05, 0) is 5.56 Å². The van der Waals surface area contributed by atoms with E-state index in [0.717, 1.165) is 14.0 Å². The third-order valence-corrected chi connectivity index (χ3v) is 4.43. The number of ether oxygens (including phenoxy) is 1. The number of hydrogen-bond acceptors (Lipinski definition) is 7. The topological polar surface area (TPSA) is 133 Å². The van der Waals surface area contributed by atoms with Crippen molar-refractivity contribution in [2.75, 3.05) is 12.9 Å². The number of carbonyl (C=O) groups excluding carboxylic acids is 2. The molecule has 0 saturated carbocycles. The van der Waals surface area contributed by atoms with E-state index in [4.69, 9.17) is 0 Å². The number of sulfone groups is 1. The molecule has 0 heterocycles. The molecule has 0 aromatic heterocycles. The summed E-state index contributed by atoms with van der Waals surface area (Å²) in [6, 6.07) is 3.72. The van der Waals surface area contributed by atoms with Crippen LogP contribution in [0.1, 0.15) is 12.5 Å². The van der Waals surface area contributed by atoms with E-state index in [0.29, 0.717) is 5.56 Å². The Morgan fingerprint density at radius 3 is 2.30 bits per heavy atom. The summed E-state index contributed by atoms with van der Waals surface area (Å²) in [6.07, 6.45) is 0. The van der Waals surface area contributed by atoms with Gasteiger partial charge in [0.1, 0.15) is 6.04 Å². The van der Waals surface area contributed by atoms with Gasteiger partial charge in [-0.25, -0.2) is 13.2 Å². The summed E-state index contributed by atoms with van der Waals surface area (Å²) in [6.45, 7) is 1.15. The van der Waals surface area contributed by atoms with Gasteiger partial charge in [0.2, 0.25) is 5.91 Å². The highest BCUT2D eigenvalue weighted by Gasteiger charge is 2.27. The molecule has 1 N–H and O–H groups in total. The van der Waals surface area contributed by atoms with Crippen LogP contribution in [-0.4, -0.2) is 44.1 Å². The number of non-ortho nitro benzene ring substituents is 1. The standard InChI is InChI=1S/C13H16N2O7S/c1-9(16)14-12(13(17)22-2)8-23(20,21)7-10-3-5-11(6-4-10)15(18)19/h3-6,12H,7-8H2,1-2H3,(H,14,16). The Hall–Kier alpha value is -2.49. The van der Waals surface area contributed by atoms with E-state index in [1.54, 1.807) is 0 Å². The highest BCUT2D eigenvalue weighted by atomic mass is 32.2. The molecule has 1 amide bonds. The molecule has 0 aliphatic heterocycles. The molecule has 0 fully saturated rings. The lowest BCUT2D eigenvalue weighted by molar-refractivity contribution is -0.384. The lowest BCUT2D eigenvalue weighted by Gasteiger charge is -2.15. The fourth-order valence-electron chi connectivity index (χ4n) is 1.84. The lowest BCUT2D eigenvalue weighted by atomic mass is 10.2. The molecule has 0 aliphatic carbocycles. The molecule has 9 nitrogen and oxygen atoms in total. The highest BCUT2D eigenvalue weighted by molar-refractivity contribution is 7.90. The Labute approximate surface area is 132 Å². The molecule has 0 spiro atoms. The molecule has 126 valence electrons. The number of rotatable bonds is 7. The summed E-state index contributed by atoms with van der Waals surface area (Å²) in [7, 11) is -2.67. The van der Waals surface area contributed by atoms with E-state index in [1.807, 2.05) is 0 Å². The average molecular weight is 344 g/mol. The molecule has 1 rings (SSSR count). The van der Waals surface area contributed by atoms with Crippen molar-refractivity contribution in [2.24, 2.45) is 0 Å². The first-order valence-corrected chi connectivity index (χ1v) is 8.25. The number of benzene rings is 1. The third kappa shape index (κ3) is 6.02. The van der Waals surface area contributed by atoms with Crippen LogP contribution in [0, 0.1) is 10.1 Å². The molecule has 0 saturated heterocycles. The minimum atomic E-state index is -3.75. The van der Waals surface area contributed by atoms with Gasteiger partial charge in [-0.3, -0.25) is 14.9 Å². The van der Waals surface area contributed by atoms with Crippen molar-refractivity contribution in [1.29, 1.82) is 0 Å². The molecule has 1 unspecified atom stereocenters. The molecule has 0 aliphatic rings. The van der Waals surface area contributed by atoms with Gasteiger partial charge in [-0.1, -0.05) is 12.1 Å². The number of nitrogens with one attached hydrogen (secondary N) is 1. The van der Waals surface area contributed by atoms with Gasteiger partial charge < -0.3 is 10.1 Å². The Kier molecular flexibility index (Phi) is 6.19. The van der Waals surface area contributed by atoms with Crippen molar-refractivity contribution in [1.82, 2.24) is 5.32 Å². The number of esters is 1. The van der Waals surface area contributed by atoms with Crippen LogP contribution in [0.2, 0.25) is 0 Å². The number of nitro benzene ring substituents is 1. The summed E-state index contributed by atoms with van der Waals surface area (Å²) in [5, 5.41) is 12.8. The number of amides is 1. The Morgan fingerprint density at radius 2 is 1.87 bits per heavy atom. The fraction of sp³-hybridized carbons (Fsp3) is 0.385. The van der Waals surface area contributed by atoms with Crippen molar-refractivity contribution < 1.29 is 27.7 Å². The molecule has 0 radical (unpaired) electrons. The van der Waals surface area contributed by atoms with E-state index in [-0.39, 0.29) is 5.69 Å². The van der Waals surface area contributed by atoms with E-state index in [9.17, 15) is 28.1 Å². The SMILES string of the molecule is COC(=O)C(CS(=O)(=O)Cc1ccc([N+](=O)[O-])cc1)NC(C)=O. The molecule has 0 bridgehead atoms. The van der Waals surface area contributed by atoms with E-state index >= 15 is 0 Å². The minimum Gasteiger partial charge on any atom is -0.467 e. The van der Waals surface area contributed by atoms with Crippen LogP contribution in [0.25, 0.3) is 0 Å². The van der Waals surface area contributed by atoms with Gasteiger partial charge >= 0.3 is 5.97 Å². The smallest absolute Gasteiger partial charge is 0.329 e. The zero-order valence-electron chi connectivity index (χ0n) is 12.5. The second-order valence-corrected chi connectivity index (χ2v) is 6.86. The first-order chi connectivity index (χ1) is 10.6. The largest absolute Gasteiger partial charge is 0.467 e. The van der Waals surface area contributed by atoms with Crippen molar-refractivity contribution >= 4 is 27.4 Å². The van der Waals surface area contributed by atoms with Crippen LogP contribution in [0.3, 0.4) is 0 Å². The summed E-state index contributed by atoms with van der Waals surface area (Å²) in [5.41, 5.74) is 0.180.